The van der Waals surface area contributed by atoms with Crippen LogP contribution in [0.4, 0.5) is 0 Å². The highest BCUT2D eigenvalue weighted by molar-refractivity contribution is 7.99. The van der Waals surface area contributed by atoms with Gasteiger partial charge < -0.3 is 10.1 Å². The number of hydrogen-bond acceptors (Lipinski definition) is 7. The summed E-state index contributed by atoms with van der Waals surface area (Å²) >= 11 is 1.69. The molecule has 0 aliphatic heterocycles. The van der Waals surface area contributed by atoms with Crippen molar-refractivity contribution in [2.45, 2.75) is 61.0 Å². The summed E-state index contributed by atoms with van der Waals surface area (Å²) in [7, 11) is 1.83. The minimum Gasteiger partial charge on any atom is -0.465 e. The molecule has 0 amide bonds. The van der Waals surface area contributed by atoms with Gasteiger partial charge in [-0.1, -0.05) is 11.8 Å². The van der Waals surface area contributed by atoms with E-state index in [0.29, 0.717) is 17.9 Å². The Morgan fingerprint density at radius 1 is 1.52 bits per heavy atom. The maximum Gasteiger partial charge on any atom is 0.326 e. The summed E-state index contributed by atoms with van der Waals surface area (Å²) in [6, 6.07) is 0.475. The van der Waals surface area contributed by atoms with Crippen LogP contribution in [-0.2, 0) is 9.53 Å². The number of rotatable bonds is 6. The first-order valence-corrected chi connectivity index (χ1v) is 8.37. The van der Waals surface area contributed by atoms with Gasteiger partial charge in [0, 0.05) is 5.25 Å². The summed E-state index contributed by atoms with van der Waals surface area (Å²) in [4.78, 5) is 12.2. The average Bonchev–Trinajstić information content (AvgIpc) is 3.08. The topological polar surface area (TPSA) is 81.9 Å². The first-order valence-electron chi connectivity index (χ1n) is 7.49. The van der Waals surface area contributed by atoms with Crippen molar-refractivity contribution in [2.24, 2.45) is 0 Å². The predicted octanol–water partition coefficient (Wildman–Crippen LogP) is 1.17. The van der Waals surface area contributed by atoms with Gasteiger partial charge in [-0.25, -0.2) is 4.68 Å². The fourth-order valence-corrected chi connectivity index (χ4v) is 4.12. The molecule has 2 atom stereocenters. The third-order valence-corrected chi connectivity index (χ3v) is 5.46. The van der Waals surface area contributed by atoms with E-state index >= 15 is 0 Å². The van der Waals surface area contributed by atoms with Gasteiger partial charge in [-0.15, -0.1) is 5.10 Å². The van der Waals surface area contributed by atoms with Gasteiger partial charge >= 0.3 is 5.97 Å². The number of tetrazole rings is 1. The number of thioether (sulfide) groups is 1. The van der Waals surface area contributed by atoms with Crippen LogP contribution in [0, 0.1) is 0 Å². The van der Waals surface area contributed by atoms with Crippen LogP contribution in [-0.4, -0.2) is 50.6 Å². The quantitative estimate of drug-likeness (QED) is 0.790. The normalized spacial score (nSPS) is 28.8. The predicted molar refractivity (Wildman–Crippen MR) is 78.0 cm³/mol. The molecular weight excluding hydrogens is 290 g/mol. The van der Waals surface area contributed by atoms with Crippen molar-refractivity contribution >= 4 is 17.7 Å². The molecule has 2 unspecified atom stereocenters. The van der Waals surface area contributed by atoms with E-state index < -0.39 is 5.54 Å². The summed E-state index contributed by atoms with van der Waals surface area (Å²) in [5.74, 6) is -0.141. The Kier molecular flexibility index (Phi) is 4.17. The Morgan fingerprint density at radius 2 is 2.33 bits per heavy atom. The first kappa shape index (κ1) is 14.8. The molecule has 2 saturated carbocycles. The van der Waals surface area contributed by atoms with Gasteiger partial charge in [-0.05, 0) is 56.5 Å². The Bertz CT molecular complexity index is 518. The number of nitrogens with one attached hydrogen (secondary N) is 1. The molecular formula is C13H21N5O2S. The Morgan fingerprint density at radius 3 is 3.00 bits per heavy atom. The van der Waals surface area contributed by atoms with Crippen molar-refractivity contribution in [2.75, 3.05) is 13.7 Å². The lowest BCUT2D eigenvalue weighted by molar-refractivity contribution is -0.150. The second-order valence-electron chi connectivity index (χ2n) is 5.67. The highest BCUT2D eigenvalue weighted by Gasteiger charge is 2.46. The number of nitrogens with zero attached hydrogens (tertiary/aromatic N) is 4. The van der Waals surface area contributed by atoms with E-state index in [0.717, 1.165) is 37.3 Å². The zero-order valence-corrected chi connectivity index (χ0v) is 13.2. The second kappa shape index (κ2) is 5.92. The van der Waals surface area contributed by atoms with Gasteiger partial charge in [-0.2, -0.15) is 0 Å². The van der Waals surface area contributed by atoms with E-state index in [1.54, 1.807) is 11.8 Å². The molecule has 3 rings (SSSR count). The molecule has 2 aliphatic carbocycles. The standard InChI is InChI=1S/C13H21N5O2S/c1-3-20-11(19)13(14-2)7-6-10(8-13)21-12-15-16-17-18(12)9-4-5-9/h9-10,14H,3-8H2,1-2H3. The molecule has 1 N–H and O–H groups in total. The zero-order valence-electron chi connectivity index (χ0n) is 12.4. The van der Waals surface area contributed by atoms with E-state index in [4.69, 9.17) is 4.74 Å². The minimum atomic E-state index is -0.550. The molecule has 116 valence electrons. The second-order valence-corrected chi connectivity index (χ2v) is 6.94. The molecule has 1 heterocycles. The number of carbonyl (C=O) groups excluding carboxylic acids is 1. The van der Waals surface area contributed by atoms with Crippen LogP contribution in [0.25, 0.3) is 0 Å². The van der Waals surface area contributed by atoms with Crippen molar-refractivity contribution in [3.63, 3.8) is 0 Å². The number of esters is 1. The molecule has 0 aromatic carbocycles. The molecule has 2 fully saturated rings. The lowest BCUT2D eigenvalue weighted by atomic mass is 9.98. The molecule has 0 radical (unpaired) electrons. The minimum absolute atomic E-state index is 0.141. The average molecular weight is 311 g/mol. The molecule has 7 nitrogen and oxygen atoms in total. The lowest BCUT2D eigenvalue weighted by Crippen LogP contribution is -2.49. The van der Waals surface area contributed by atoms with E-state index in [1.165, 1.54) is 0 Å². The Balaban J connectivity index is 1.65. The molecule has 2 aliphatic rings. The van der Waals surface area contributed by atoms with Gasteiger partial charge in [0.15, 0.2) is 0 Å². The summed E-state index contributed by atoms with van der Waals surface area (Å²) < 4.78 is 7.14. The lowest BCUT2D eigenvalue weighted by Gasteiger charge is -2.26. The zero-order chi connectivity index (χ0) is 14.9. The van der Waals surface area contributed by atoms with E-state index in [-0.39, 0.29) is 5.97 Å². The van der Waals surface area contributed by atoms with Crippen LogP contribution in [0.2, 0.25) is 0 Å². The molecule has 8 heteroatoms. The number of likely N-dealkylation sites (N-methyl/N-ethyl adjacent to an activating group) is 1. The van der Waals surface area contributed by atoms with Crippen molar-refractivity contribution in [1.29, 1.82) is 0 Å². The number of carbonyl (C=O) groups is 1. The van der Waals surface area contributed by atoms with Gasteiger partial charge in [0.25, 0.3) is 0 Å². The van der Waals surface area contributed by atoms with E-state index in [1.807, 2.05) is 18.7 Å². The van der Waals surface area contributed by atoms with Gasteiger partial charge in [0.1, 0.15) is 5.54 Å². The van der Waals surface area contributed by atoms with Crippen LogP contribution in [0.1, 0.15) is 45.1 Å². The highest BCUT2D eigenvalue weighted by atomic mass is 32.2. The molecule has 1 aromatic rings. The van der Waals surface area contributed by atoms with Crippen molar-refractivity contribution in [3.05, 3.63) is 0 Å². The molecule has 1 aromatic heterocycles. The van der Waals surface area contributed by atoms with Crippen LogP contribution in [0.5, 0.6) is 0 Å². The van der Waals surface area contributed by atoms with Gasteiger partial charge in [-0.3, -0.25) is 4.79 Å². The fraction of sp³-hybridized carbons (Fsp3) is 0.846. The van der Waals surface area contributed by atoms with Crippen molar-refractivity contribution in [1.82, 2.24) is 25.5 Å². The molecule has 0 spiro atoms. The smallest absolute Gasteiger partial charge is 0.326 e. The van der Waals surface area contributed by atoms with Crippen LogP contribution >= 0.6 is 11.8 Å². The summed E-state index contributed by atoms with van der Waals surface area (Å²) in [6.45, 7) is 2.26. The van der Waals surface area contributed by atoms with Crippen LogP contribution in [0.3, 0.4) is 0 Å². The summed E-state index contributed by atoms with van der Waals surface area (Å²) in [5, 5.41) is 16.4. The number of ether oxygens (including phenoxy) is 1. The van der Waals surface area contributed by atoms with Crippen LogP contribution < -0.4 is 5.32 Å². The molecule has 21 heavy (non-hydrogen) atoms. The Hall–Kier alpha value is -1.15. The van der Waals surface area contributed by atoms with Crippen molar-refractivity contribution < 1.29 is 9.53 Å². The maximum absolute atomic E-state index is 12.2. The third kappa shape index (κ3) is 2.91. The Labute approximate surface area is 128 Å². The van der Waals surface area contributed by atoms with Gasteiger partial charge in [0.2, 0.25) is 5.16 Å². The van der Waals surface area contributed by atoms with E-state index in [2.05, 4.69) is 20.8 Å². The third-order valence-electron chi connectivity index (χ3n) is 4.24. The number of aromatic nitrogens is 4. The molecule has 0 saturated heterocycles. The molecule has 0 bridgehead atoms. The monoisotopic (exact) mass is 311 g/mol. The van der Waals surface area contributed by atoms with Crippen LogP contribution in [0.15, 0.2) is 5.16 Å². The summed E-state index contributed by atoms with van der Waals surface area (Å²) in [6.07, 6.45) is 4.83. The highest BCUT2D eigenvalue weighted by Crippen LogP contribution is 2.42. The largest absolute Gasteiger partial charge is 0.465 e. The number of hydrogen-bond donors (Lipinski definition) is 1. The maximum atomic E-state index is 12.2. The summed E-state index contributed by atoms with van der Waals surface area (Å²) in [5.41, 5.74) is -0.550. The fourth-order valence-electron chi connectivity index (χ4n) is 2.84. The first-order chi connectivity index (χ1) is 10.2. The van der Waals surface area contributed by atoms with Gasteiger partial charge in [0.05, 0.1) is 12.6 Å². The van der Waals surface area contributed by atoms with Crippen molar-refractivity contribution in [3.8, 4) is 0 Å². The SMILES string of the molecule is CCOC(=O)C1(NC)CCC(Sc2nnnn2C2CC2)C1. The van der Waals surface area contributed by atoms with E-state index in [9.17, 15) is 4.79 Å².